The normalized spacial score (nSPS) is 12.4. The maximum atomic E-state index is 13.7. The van der Waals surface area contributed by atoms with Crippen molar-refractivity contribution in [1.29, 1.82) is 0 Å². The molecule has 0 spiro atoms. The van der Waals surface area contributed by atoms with Crippen molar-refractivity contribution < 1.29 is 30.0 Å². The van der Waals surface area contributed by atoms with E-state index in [1.54, 1.807) is 0 Å². The molecule has 0 radical (unpaired) electrons. The first-order valence-electron chi connectivity index (χ1n) is 6.66. The highest BCUT2D eigenvalue weighted by atomic mass is 32.2. The van der Waals surface area contributed by atoms with Crippen molar-refractivity contribution in [2.45, 2.75) is 9.79 Å². The number of hydrogen-bond donors (Lipinski definition) is 1. The van der Waals surface area contributed by atoms with Crippen LogP contribution in [0.25, 0.3) is 0 Å². The van der Waals surface area contributed by atoms with Crippen LogP contribution in [0, 0.1) is 17.5 Å². The van der Waals surface area contributed by atoms with Crippen LogP contribution in [0.2, 0.25) is 0 Å². The van der Waals surface area contributed by atoms with Crippen molar-refractivity contribution in [3.63, 3.8) is 0 Å². The van der Waals surface area contributed by atoms with E-state index in [0.29, 0.717) is 12.1 Å². The van der Waals surface area contributed by atoms with Gasteiger partial charge in [0.1, 0.15) is 4.90 Å². The van der Waals surface area contributed by atoms with Crippen LogP contribution in [0.4, 0.5) is 18.9 Å². The van der Waals surface area contributed by atoms with Gasteiger partial charge in [-0.2, -0.15) is 0 Å². The predicted molar refractivity (Wildman–Crippen MR) is 84.4 cm³/mol. The number of benzene rings is 2. The average Bonchev–Trinajstić information content (AvgIpc) is 2.52. The summed E-state index contributed by atoms with van der Waals surface area (Å²) in [6.07, 6.45) is 0. The maximum absolute atomic E-state index is 13.7. The molecule has 2 aromatic rings. The van der Waals surface area contributed by atoms with E-state index < -0.39 is 42.4 Å². The Balaban J connectivity index is 2.35. The third kappa shape index (κ3) is 3.78. The Morgan fingerprint density at radius 3 is 1.92 bits per heavy atom. The van der Waals surface area contributed by atoms with Crippen molar-refractivity contribution in [2.75, 3.05) is 18.8 Å². The average molecular weight is 394 g/mol. The van der Waals surface area contributed by atoms with Crippen LogP contribution >= 0.6 is 0 Å². The molecule has 0 aliphatic rings. The second kappa shape index (κ2) is 6.65. The Hall–Kier alpha value is -2.11. The van der Waals surface area contributed by atoms with Crippen LogP contribution in [0.5, 0.6) is 0 Å². The van der Waals surface area contributed by atoms with Crippen molar-refractivity contribution in [3.05, 3.63) is 53.8 Å². The summed E-state index contributed by atoms with van der Waals surface area (Å²) in [5.74, 6) is -5.27. The standard InChI is InChI=1S/C14H13F3N2O4S2/c1-19(2)25(22,23)10-5-3-9(4-6-10)18-24(20,21)12-8-7-11(15)13(16)14(12)17/h3-8,18H,1-2H3. The fraction of sp³-hybridized carbons (Fsp3) is 0.143. The zero-order valence-electron chi connectivity index (χ0n) is 13.0. The number of halogens is 3. The third-order valence-electron chi connectivity index (χ3n) is 3.17. The lowest BCUT2D eigenvalue weighted by atomic mass is 10.3. The number of sulfonamides is 2. The Morgan fingerprint density at radius 2 is 1.40 bits per heavy atom. The van der Waals surface area contributed by atoms with Gasteiger partial charge >= 0.3 is 0 Å². The lowest BCUT2D eigenvalue weighted by Crippen LogP contribution is -2.22. The van der Waals surface area contributed by atoms with E-state index >= 15 is 0 Å². The van der Waals surface area contributed by atoms with Crippen LogP contribution in [-0.4, -0.2) is 35.2 Å². The highest BCUT2D eigenvalue weighted by molar-refractivity contribution is 7.92. The topological polar surface area (TPSA) is 83.6 Å². The van der Waals surface area contributed by atoms with Crippen LogP contribution in [-0.2, 0) is 20.0 Å². The molecular weight excluding hydrogens is 381 g/mol. The maximum Gasteiger partial charge on any atom is 0.264 e. The van der Waals surface area contributed by atoms with Crippen molar-refractivity contribution >= 4 is 25.7 Å². The Kier molecular flexibility index (Phi) is 5.11. The molecule has 11 heteroatoms. The summed E-state index contributed by atoms with van der Waals surface area (Å²) in [6.45, 7) is 0. The molecule has 6 nitrogen and oxygen atoms in total. The molecule has 0 unspecified atom stereocenters. The second-order valence-corrected chi connectivity index (χ2v) is 8.89. The first-order chi connectivity index (χ1) is 11.5. The number of nitrogens with zero attached hydrogens (tertiary/aromatic N) is 1. The molecule has 2 aromatic carbocycles. The zero-order valence-corrected chi connectivity index (χ0v) is 14.6. The highest BCUT2D eigenvalue weighted by Crippen LogP contribution is 2.23. The molecule has 0 aliphatic carbocycles. The number of anilines is 1. The summed E-state index contributed by atoms with van der Waals surface area (Å²) in [5, 5.41) is 0. The van der Waals surface area contributed by atoms with Crippen LogP contribution in [0.3, 0.4) is 0 Å². The van der Waals surface area contributed by atoms with E-state index in [1.807, 2.05) is 4.72 Å². The van der Waals surface area contributed by atoms with Gasteiger partial charge in [0.25, 0.3) is 10.0 Å². The first kappa shape index (κ1) is 19.2. The van der Waals surface area contributed by atoms with Gasteiger partial charge in [0, 0.05) is 19.8 Å². The minimum Gasteiger partial charge on any atom is -0.280 e. The molecule has 0 bridgehead atoms. The monoisotopic (exact) mass is 394 g/mol. The zero-order chi connectivity index (χ0) is 19.0. The molecule has 1 N–H and O–H groups in total. The lowest BCUT2D eigenvalue weighted by molar-refractivity contribution is 0.432. The lowest BCUT2D eigenvalue weighted by Gasteiger charge is -2.13. The van der Waals surface area contributed by atoms with E-state index in [2.05, 4.69) is 0 Å². The third-order valence-corrected chi connectivity index (χ3v) is 6.40. The molecule has 136 valence electrons. The number of rotatable bonds is 5. The quantitative estimate of drug-likeness (QED) is 0.788. The summed E-state index contributed by atoms with van der Waals surface area (Å²) >= 11 is 0. The Bertz CT molecular complexity index is 1010. The molecule has 0 atom stereocenters. The van der Waals surface area contributed by atoms with Gasteiger partial charge in [-0.3, -0.25) is 4.72 Å². The van der Waals surface area contributed by atoms with Gasteiger partial charge in [0.15, 0.2) is 17.5 Å². The first-order valence-corrected chi connectivity index (χ1v) is 9.58. The van der Waals surface area contributed by atoms with Gasteiger partial charge < -0.3 is 0 Å². The van der Waals surface area contributed by atoms with E-state index in [1.165, 1.54) is 14.1 Å². The molecule has 0 heterocycles. The molecule has 0 amide bonds. The van der Waals surface area contributed by atoms with Gasteiger partial charge in [-0.25, -0.2) is 34.3 Å². The number of hydrogen-bond acceptors (Lipinski definition) is 4. The second-order valence-electron chi connectivity index (χ2n) is 5.09. The Labute approximate surface area is 143 Å². The van der Waals surface area contributed by atoms with E-state index in [0.717, 1.165) is 28.6 Å². The van der Waals surface area contributed by atoms with Crippen molar-refractivity contribution in [3.8, 4) is 0 Å². The van der Waals surface area contributed by atoms with E-state index in [9.17, 15) is 30.0 Å². The molecule has 0 fully saturated rings. The van der Waals surface area contributed by atoms with Gasteiger partial charge in [-0.15, -0.1) is 0 Å². The van der Waals surface area contributed by atoms with Gasteiger partial charge in [-0.05, 0) is 36.4 Å². The summed E-state index contributed by atoms with van der Waals surface area (Å²) in [6, 6.07) is 5.65. The van der Waals surface area contributed by atoms with Crippen molar-refractivity contribution in [1.82, 2.24) is 4.31 Å². The van der Waals surface area contributed by atoms with Crippen LogP contribution in [0.15, 0.2) is 46.2 Å². The van der Waals surface area contributed by atoms with Crippen LogP contribution in [0.1, 0.15) is 0 Å². The summed E-state index contributed by atoms with van der Waals surface area (Å²) in [4.78, 5) is -1.16. The summed E-state index contributed by atoms with van der Waals surface area (Å²) in [7, 11) is -5.58. The summed E-state index contributed by atoms with van der Waals surface area (Å²) < 4.78 is 90.8. The van der Waals surface area contributed by atoms with E-state index in [4.69, 9.17) is 0 Å². The molecule has 0 aliphatic heterocycles. The van der Waals surface area contributed by atoms with Gasteiger partial charge in [-0.1, -0.05) is 0 Å². The summed E-state index contributed by atoms with van der Waals surface area (Å²) in [5.41, 5.74) is -0.0816. The fourth-order valence-corrected chi connectivity index (χ4v) is 3.86. The Morgan fingerprint density at radius 1 is 0.840 bits per heavy atom. The predicted octanol–water partition coefficient (Wildman–Crippen LogP) is 2.16. The van der Waals surface area contributed by atoms with E-state index in [-0.39, 0.29) is 10.6 Å². The molecule has 25 heavy (non-hydrogen) atoms. The molecular formula is C14H13F3N2O4S2. The largest absolute Gasteiger partial charge is 0.280 e. The van der Waals surface area contributed by atoms with Gasteiger partial charge in [0.05, 0.1) is 4.90 Å². The minimum atomic E-state index is -4.54. The molecule has 0 saturated heterocycles. The smallest absolute Gasteiger partial charge is 0.264 e. The van der Waals surface area contributed by atoms with Crippen LogP contribution < -0.4 is 4.72 Å². The minimum absolute atomic E-state index is 0.0816. The SMILES string of the molecule is CN(C)S(=O)(=O)c1ccc(NS(=O)(=O)c2ccc(F)c(F)c2F)cc1. The highest BCUT2D eigenvalue weighted by Gasteiger charge is 2.24. The molecule has 0 aromatic heterocycles. The van der Waals surface area contributed by atoms with Crippen molar-refractivity contribution in [2.24, 2.45) is 0 Å². The fourth-order valence-electron chi connectivity index (χ4n) is 1.83. The van der Waals surface area contributed by atoms with Gasteiger partial charge in [0.2, 0.25) is 10.0 Å². The molecule has 2 rings (SSSR count). The number of nitrogens with one attached hydrogen (secondary N) is 1. The molecule has 0 saturated carbocycles.